The van der Waals surface area contributed by atoms with Crippen LogP contribution in [0.5, 0.6) is 17.2 Å². The van der Waals surface area contributed by atoms with Gasteiger partial charge in [0.15, 0.2) is 17.1 Å². The molecular formula is C21H20N4O3. The first-order valence-corrected chi connectivity index (χ1v) is 8.65. The number of anilines is 1. The van der Waals surface area contributed by atoms with E-state index in [-0.39, 0.29) is 0 Å². The van der Waals surface area contributed by atoms with Crippen LogP contribution in [-0.4, -0.2) is 35.9 Å². The Balaban J connectivity index is 1.78. The topological polar surface area (TPSA) is 83.9 Å². The summed E-state index contributed by atoms with van der Waals surface area (Å²) in [5.74, 6) is 2.57. The molecule has 2 aromatic heterocycles. The van der Waals surface area contributed by atoms with Crippen LogP contribution in [0.2, 0.25) is 0 Å². The Bertz CT molecular complexity index is 1140. The largest absolute Gasteiger partial charge is 0.497 e. The highest BCUT2D eigenvalue weighted by molar-refractivity contribution is 5.77. The van der Waals surface area contributed by atoms with Gasteiger partial charge < -0.3 is 19.9 Å². The van der Waals surface area contributed by atoms with Gasteiger partial charge >= 0.3 is 0 Å². The summed E-state index contributed by atoms with van der Waals surface area (Å²) in [7, 11) is 4.84. The number of nitrogens with two attached hydrogens (primary N) is 1. The number of rotatable bonds is 5. The van der Waals surface area contributed by atoms with Crippen molar-refractivity contribution in [3.05, 3.63) is 54.7 Å². The third-order valence-electron chi connectivity index (χ3n) is 4.60. The molecule has 0 unspecified atom stereocenters. The smallest absolute Gasteiger partial charge is 0.161 e. The third-order valence-corrected chi connectivity index (χ3v) is 4.60. The molecule has 0 amide bonds. The Morgan fingerprint density at radius 1 is 0.821 bits per heavy atom. The molecular weight excluding hydrogens is 356 g/mol. The van der Waals surface area contributed by atoms with Crippen molar-refractivity contribution in [3.63, 3.8) is 0 Å². The summed E-state index contributed by atoms with van der Waals surface area (Å²) in [5.41, 5.74) is 10.5. The van der Waals surface area contributed by atoms with E-state index in [4.69, 9.17) is 19.9 Å². The zero-order valence-electron chi connectivity index (χ0n) is 15.8. The first-order valence-electron chi connectivity index (χ1n) is 8.65. The number of benzene rings is 2. The Kier molecular flexibility index (Phi) is 4.49. The summed E-state index contributed by atoms with van der Waals surface area (Å²) in [6, 6.07) is 15.2. The second kappa shape index (κ2) is 7.11. The number of nitrogen functional groups attached to an aromatic ring is 1. The second-order valence-electron chi connectivity index (χ2n) is 6.15. The van der Waals surface area contributed by atoms with Gasteiger partial charge in [0.05, 0.1) is 27.0 Å². The van der Waals surface area contributed by atoms with Gasteiger partial charge in [0.1, 0.15) is 11.6 Å². The molecule has 28 heavy (non-hydrogen) atoms. The molecule has 0 aliphatic rings. The molecule has 2 N–H and O–H groups in total. The SMILES string of the molecule is COc1ccc(-c2cc3ncc(-c4ccc(OC)c(OC)c4)c(N)n3n2)cc1. The van der Waals surface area contributed by atoms with Crippen LogP contribution in [0, 0.1) is 0 Å². The average molecular weight is 376 g/mol. The Morgan fingerprint density at radius 2 is 1.54 bits per heavy atom. The average Bonchev–Trinajstić information content (AvgIpc) is 3.19. The van der Waals surface area contributed by atoms with Gasteiger partial charge in [-0.05, 0) is 42.0 Å². The lowest BCUT2D eigenvalue weighted by molar-refractivity contribution is 0.355. The lowest BCUT2D eigenvalue weighted by atomic mass is 10.1. The zero-order chi connectivity index (χ0) is 19.7. The molecule has 7 nitrogen and oxygen atoms in total. The maximum absolute atomic E-state index is 6.42. The van der Waals surface area contributed by atoms with Crippen LogP contribution >= 0.6 is 0 Å². The number of hydrogen-bond donors (Lipinski definition) is 1. The summed E-state index contributed by atoms with van der Waals surface area (Å²) in [6.07, 6.45) is 1.74. The van der Waals surface area contributed by atoms with Crippen LogP contribution in [0.1, 0.15) is 0 Å². The van der Waals surface area contributed by atoms with Gasteiger partial charge in [0, 0.05) is 23.4 Å². The van der Waals surface area contributed by atoms with Crippen molar-refractivity contribution in [3.8, 4) is 39.6 Å². The standard InChI is InChI=1S/C21H20N4O3/c1-26-15-7-4-13(5-8-15)17-11-20-23-12-16(21(22)25(20)24-17)14-6-9-18(27-2)19(10-14)28-3/h4-12H,22H2,1-3H3. The summed E-state index contributed by atoms with van der Waals surface area (Å²) in [4.78, 5) is 4.52. The van der Waals surface area contributed by atoms with Gasteiger partial charge in [-0.25, -0.2) is 4.98 Å². The van der Waals surface area contributed by atoms with E-state index in [2.05, 4.69) is 10.1 Å². The van der Waals surface area contributed by atoms with E-state index in [1.807, 2.05) is 48.5 Å². The summed E-state index contributed by atoms with van der Waals surface area (Å²) < 4.78 is 17.5. The van der Waals surface area contributed by atoms with Crippen molar-refractivity contribution >= 4 is 11.5 Å². The number of methoxy groups -OCH3 is 3. The van der Waals surface area contributed by atoms with Crippen molar-refractivity contribution in [1.29, 1.82) is 0 Å². The van der Waals surface area contributed by atoms with E-state index in [0.29, 0.717) is 23.0 Å². The van der Waals surface area contributed by atoms with Crippen LogP contribution < -0.4 is 19.9 Å². The molecule has 142 valence electrons. The zero-order valence-corrected chi connectivity index (χ0v) is 15.8. The molecule has 2 aromatic carbocycles. The van der Waals surface area contributed by atoms with Gasteiger partial charge in [-0.15, -0.1) is 0 Å². The lowest BCUT2D eigenvalue weighted by Crippen LogP contribution is -2.03. The molecule has 0 radical (unpaired) electrons. The third kappa shape index (κ3) is 2.96. The highest BCUT2D eigenvalue weighted by Crippen LogP contribution is 2.34. The minimum atomic E-state index is 0.497. The van der Waals surface area contributed by atoms with Crippen molar-refractivity contribution in [2.24, 2.45) is 0 Å². The molecule has 4 aromatic rings. The predicted molar refractivity (Wildman–Crippen MR) is 108 cm³/mol. The fraction of sp³-hybridized carbons (Fsp3) is 0.143. The first-order chi connectivity index (χ1) is 13.6. The molecule has 0 fully saturated rings. The number of fused-ring (bicyclic) bond motifs is 1. The Labute approximate surface area is 162 Å². The number of nitrogens with zero attached hydrogens (tertiary/aromatic N) is 3. The quantitative estimate of drug-likeness (QED) is 0.572. The van der Waals surface area contributed by atoms with Crippen molar-refractivity contribution < 1.29 is 14.2 Å². The highest BCUT2D eigenvalue weighted by Gasteiger charge is 2.14. The van der Waals surface area contributed by atoms with E-state index in [9.17, 15) is 0 Å². The normalized spacial score (nSPS) is 10.8. The maximum atomic E-state index is 6.42. The van der Waals surface area contributed by atoms with Gasteiger partial charge in [-0.3, -0.25) is 0 Å². The van der Waals surface area contributed by atoms with E-state index in [1.165, 1.54) is 0 Å². The summed E-state index contributed by atoms with van der Waals surface area (Å²) in [5, 5.41) is 4.63. The molecule has 7 heteroatoms. The Morgan fingerprint density at radius 3 is 2.21 bits per heavy atom. The molecule has 0 saturated carbocycles. The highest BCUT2D eigenvalue weighted by atomic mass is 16.5. The summed E-state index contributed by atoms with van der Waals surface area (Å²) >= 11 is 0. The van der Waals surface area contributed by atoms with Gasteiger partial charge in [-0.1, -0.05) is 6.07 Å². The number of aromatic nitrogens is 3. The van der Waals surface area contributed by atoms with Crippen molar-refractivity contribution in [1.82, 2.24) is 14.6 Å². The Hall–Kier alpha value is -3.74. The van der Waals surface area contributed by atoms with Crippen molar-refractivity contribution in [2.75, 3.05) is 27.1 Å². The maximum Gasteiger partial charge on any atom is 0.161 e. The number of ether oxygens (including phenoxy) is 3. The molecule has 2 heterocycles. The van der Waals surface area contributed by atoms with Crippen LogP contribution in [0.3, 0.4) is 0 Å². The molecule has 0 spiro atoms. The van der Waals surface area contributed by atoms with E-state index >= 15 is 0 Å². The monoisotopic (exact) mass is 376 g/mol. The second-order valence-corrected chi connectivity index (χ2v) is 6.15. The minimum Gasteiger partial charge on any atom is -0.497 e. The van der Waals surface area contributed by atoms with Crippen LogP contribution in [-0.2, 0) is 0 Å². The van der Waals surface area contributed by atoms with Crippen LogP contribution in [0.4, 0.5) is 5.82 Å². The number of hydrogen-bond acceptors (Lipinski definition) is 6. The lowest BCUT2D eigenvalue weighted by Gasteiger charge is -2.11. The molecule has 0 saturated heterocycles. The molecule has 0 aliphatic heterocycles. The van der Waals surface area contributed by atoms with E-state index < -0.39 is 0 Å². The fourth-order valence-electron chi connectivity index (χ4n) is 3.08. The van der Waals surface area contributed by atoms with Gasteiger partial charge in [-0.2, -0.15) is 9.61 Å². The first kappa shape index (κ1) is 17.7. The molecule has 0 atom stereocenters. The minimum absolute atomic E-state index is 0.497. The van der Waals surface area contributed by atoms with Crippen LogP contribution in [0.15, 0.2) is 54.7 Å². The van der Waals surface area contributed by atoms with Crippen LogP contribution in [0.25, 0.3) is 28.0 Å². The molecule has 0 aliphatic carbocycles. The van der Waals surface area contributed by atoms with E-state index in [1.54, 1.807) is 32.0 Å². The van der Waals surface area contributed by atoms with Gasteiger partial charge in [0.2, 0.25) is 0 Å². The van der Waals surface area contributed by atoms with Crippen molar-refractivity contribution in [2.45, 2.75) is 0 Å². The van der Waals surface area contributed by atoms with E-state index in [0.717, 1.165) is 28.1 Å². The molecule has 4 rings (SSSR count). The molecule has 0 bridgehead atoms. The van der Waals surface area contributed by atoms with Gasteiger partial charge in [0.25, 0.3) is 0 Å². The predicted octanol–water partition coefficient (Wildman–Crippen LogP) is 3.67. The fourth-order valence-corrected chi connectivity index (χ4v) is 3.08. The summed E-state index contributed by atoms with van der Waals surface area (Å²) in [6.45, 7) is 0.